The van der Waals surface area contributed by atoms with E-state index in [1.54, 1.807) is 0 Å². The molecule has 1 atom stereocenters. The Morgan fingerprint density at radius 2 is 1.78 bits per heavy atom. The Balaban J connectivity index is 1.80. The summed E-state index contributed by atoms with van der Waals surface area (Å²) >= 11 is 0. The lowest BCUT2D eigenvalue weighted by Gasteiger charge is -2.42. The van der Waals surface area contributed by atoms with Crippen LogP contribution in [0.5, 0.6) is 0 Å². The van der Waals surface area contributed by atoms with E-state index >= 15 is 0 Å². The van der Waals surface area contributed by atoms with Gasteiger partial charge in [0.25, 0.3) is 0 Å². The first kappa shape index (κ1) is 13.6. The molecule has 1 aliphatic heterocycles. The van der Waals surface area contributed by atoms with Gasteiger partial charge in [-0.2, -0.15) is 0 Å². The van der Waals surface area contributed by atoms with Crippen molar-refractivity contribution in [2.75, 3.05) is 26.2 Å². The van der Waals surface area contributed by atoms with Crippen LogP contribution in [0.25, 0.3) is 0 Å². The molecule has 1 saturated heterocycles. The van der Waals surface area contributed by atoms with E-state index in [9.17, 15) is 0 Å². The van der Waals surface area contributed by atoms with Gasteiger partial charge in [0, 0.05) is 32.2 Å². The monoisotopic (exact) mass is 254 g/mol. The Bertz CT molecular complexity index is 281. The molecule has 18 heavy (non-hydrogen) atoms. The van der Waals surface area contributed by atoms with E-state index in [-0.39, 0.29) is 6.04 Å². The predicted molar refractivity (Wildman–Crippen MR) is 72.9 cm³/mol. The highest BCUT2D eigenvalue weighted by Gasteiger charge is 2.27. The van der Waals surface area contributed by atoms with Crippen molar-refractivity contribution in [1.29, 1.82) is 0 Å². The zero-order valence-electron chi connectivity index (χ0n) is 11.4. The van der Waals surface area contributed by atoms with Crippen molar-refractivity contribution in [3.8, 4) is 0 Å². The number of nitrogens with two attached hydrogens (primary N) is 1. The van der Waals surface area contributed by atoms with Gasteiger partial charge in [0.1, 0.15) is 0 Å². The number of amidine groups is 1. The van der Waals surface area contributed by atoms with Crippen molar-refractivity contribution in [2.45, 2.75) is 51.1 Å². The smallest absolute Gasteiger partial charge is 0.156 e. The summed E-state index contributed by atoms with van der Waals surface area (Å²) in [5, 5.41) is 11.8. The Hall–Kier alpha value is -0.810. The van der Waals surface area contributed by atoms with Crippen LogP contribution in [-0.4, -0.2) is 59.1 Å². The van der Waals surface area contributed by atoms with Gasteiger partial charge in [-0.3, -0.25) is 9.80 Å². The maximum atomic E-state index is 8.72. The average Bonchev–Trinajstić information content (AvgIpc) is 2.47. The van der Waals surface area contributed by atoms with Crippen LogP contribution in [0.3, 0.4) is 0 Å². The van der Waals surface area contributed by atoms with E-state index in [1.807, 2.05) is 6.92 Å². The van der Waals surface area contributed by atoms with E-state index in [4.69, 9.17) is 10.9 Å². The topological polar surface area (TPSA) is 65.1 Å². The lowest BCUT2D eigenvalue weighted by molar-refractivity contribution is 0.0721. The molecule has 0 radical (unpaired) electrons. The first-order valence-electron chi connectivity index (χ1n) is 7.18. The number of hydrogen-bond donors (Lipinski definition) is 2. The highest BCUT2D eigenvalue weighted by molar-refractivity contribution is 5.84. The molecule has 0 spiro atoms. The van der Waals surface area contributed by atoms with E-state index < -0.39 is 0 Å². The fourth-order valence-electron chi connectivity index (χ4n) is 3.21. The first-order valence-corrected chi connectivity index (χ1v) is 7.18. The zero-order valence-corrected chi connectivity index (χ0v) is 11.4. The summed E-state index contributed by atoms with van der Waals surface area (Å²) in [5.41, 5.74) is 5.67. The van der Waals surface area contributed by atoms with Gasteiger partial charge in [-0.15, -0.1) is 0 Å². The second-order valence-corrected chi connectivity index (χ2v) is 5.56. The molecule has 5 nitrogen and oxygen atoms in total. The molecule has 1 aliphatic carbocycles. The predicted octanol–water partition coefficient (Wildman–Crippen LogP) is 1.07. The molecule has 0 amide bonds. The van der Waals surface area contributed by atoms with Crippen molar-refractivity contribution in [3.05, 3.63) is 0 Å². The Kier molecular flexibility index (Phi) is 4.83. The van der Waals surface area contributed by atoms with Crippen LogP contribution in [-0.2, 0) is 0 Å². The summed E-state index contributed by atoms with van der Waals surface area (Å²) in [6.45, 7) is 6.29. The summed E-state index contributed by atoms with van der Waals surface area (Å²) < 4.78 is 0. The van der Waals surface area contributed by atoms with Crippen LogP contribution >= 0.6 is 0 Å². The third-order valence-electron chi connectivity index (χ3n) is 4.53. The lowest BCUT2D eigenvalue weighted by Crippen LogP contribution is -2.55. The van der Waals surface area contributed by atoms with Gasteiger partial charge in [0.15, 0.2) is 5.84 Å². The molecule has 0 aromatic heterocycles. The van der Waals surface area contributed by atoms with Gasteiger partial charge >= 0.3 is 0 Å². The molecule has 2 fully saturated rings. The summed E-state index contributed by atoms with van der Waals surface area (Å²) in [6.07, 6.45) is 6.94. The quantitative estimate of drug-likeness (QED) is 0.342. The summed E-state index contributed by atoms with van der Waals surface area (Å²) in [6, 6.07) is 0.851. The second-order valence-electron chi connectivity index (χ2n) is 5.56. The molecule has 1 heterocycles. The third kappa shape index (κ3) is 3.14. The lowest BCUT2D eigenvalue weighted by atomic mass is 9.94. The fraction of sp³-hybridized carbons (Fsp3) is 0.923. The van der Waals surface area contributed by atoms with E-state index in [0.717, 1.165) is 32.2 Å². The SMILES string of the molecule is CC(C(N)=NO)N1CCN(C2CCCCC2)CC1. The highest BCUT2D eigenvalue weighted by atomic mass is 16.4. The molecular weight excluding hydrogens is 228 g/mol. The Labute approximate surface area is 110 Å². The number of hydrogen-bond acceptors (Lipinski definition) is 4. The second kappa shape index (κ2) is 6.38. The Morgan fingerprint density at radius 3 is 2.33 bits per heavy atom. The summed E-state index contributed by atoms with van der Waals surface area (Å²) in [5.74, 6) is 0.320. The molecule has 2 aliphatic rings. The van der Waals surface area contributed by atoms with E-state index in [2.05, 4.69) is 15.0 Å². The molecule has 0 bridgehead atoms. The molecule has 5 heteroatoms. The molecule has 3 N–H and O–H groups in total. The zero-order chi connectivity index (χ0) is 13.0. The summed E-state index contributed by atoms with van der Waals surface area (Å²) in [7, 11) is 0. The van der Waals surface area contributed by atoms with Gasteiger partial charge in [-0.1, -0.05) is 24.4 Å². The van der Waals surface area contributed by atoms with Crippen LogP contribution < -0.4 is 5.73 Å². The minimum Gasteiger partial charge on any atom is -0.409 e. The molecule has 1 saturated carbocycles. The first-order chi connectivity index (χ1) is 8.72. The van der Waals surface area contributed by atoms with E-state index in [1.165, 1.54) is 32.1 Å². The molecule has 0 aromatic rings. The van der Waals surface area contributed by atoms with Crippen LogP contribution in [0.1, 0.15) is 39.0 Å². The van der Waals surface area contributed by atoms with Gasteiger partial charge in [0.2, 0.25) is 0 Å². The minimum atomic E-state index is 0.0449. The third-order valence-corrected chi connectivity index (χ3v) is 4.53. The average molecular weight is 254 g/mol. The van der Waals surface area contributed by atoms with Crippen LogP contribution in [0.4, 0.5) is 0 Å². The minimum absolute atomic E-state index is 0.0449. The molecule has 1 unspecified atom stereocenters. The highest BCUT2D eigenvalue weighted by Crippen LogP contribution is 2.23. The molecule has 2 rings (SSSR count). The Morgan fingerprint density at radius 1 is 1.17 bits per heavy atom. The normalized spacial score (nSPS) is 27.3. The fourth-order valence-corrected chi connectivity index (χ4v) is 3.21. The largest absolute Gasteiger partial charge is 0.409 e. The van der Waals surface area contributed by atoms with Crippen LogP contribution in [0, 0.1) is 0 Å². The summed E-state index contributed by atoms with van der Waals surface area (Å²) in [4.78, 5) is 4.93. The maximum absolute atomic E-state index is 8.72. The van der Waals surface area contributed by atoms with Gasteiger partial charge in [-0.05, 0) is 19.8 Å². The molecule has 104 valence electrons. The van der Waals surface area contributed by atoms with Gasteiger partial charge in [-0.25, -0.2) is 0 Å². The number of piperazine rings is 1. The number of nitrogens with zero attached hydrogens (tertiary/aromatic N) is 3. The number of rotatable bonds is 3. The van der Waals surface area contributed by atoms with Gasteiger partial charge in [0.05, 0.1) is 6.04 Å². The molecule has 0 aromatic carbocycles. The van der Waals surface area contributed by atoms with Gasteiger partial charge < -0.3 is 10.9 Å². The van der Waals surface area contributed by atoms with Crippen molar-refractivity contribution >= 4 is 5.84 Å². The molecular formula is C13H26N4O. The number of oxime groups is 1. The van der Waals surface area contributed by atoms with Crippen molar-refractivity contribution in [2.24, 2.45) is 10.9 Å². The van der Waals surface area contributed by atoms with Crippen LogP contribution in [0.15, 0.2) is 5.16 Å². The van der Waals surface area contributed by atoms with Crippen LogP contribution in [0.2, 0.25) is 0 Å². The van der Waals surface area contributed by atoms with Crippen molar-refractivity contribution in [1.82, 2.24) is 9.80 Å². The standard InChI is InChI=1S/C13H26N4O/c1-11(13(14)15-18)16-7-9-17(10-8-16)12-5-3-2-4-6-12/h11-12,18H,2-10H2,1H3,(H2,14,15). The maximum Gasteiger partial charge on any atom is 0.156 e. The van der Waals surface area contributed by atoms with Crippen molar-refractivity contribution < 1.29 is 5.21 Å². The van der Waals surface area contributed by atoms with E-state index in [0.29, 0.717) is 5.84 Å². The van der Waals surface area contributed by atoms with Crippen molar-refractivity contribution in [3.63, 3.8) is 0 Å².